The topological polar surface area (TPSA) is 91.9 Å². The fourth-order valence-electron chi connectivity index (χ4n) is 2.98. The number of amides is 1. The maximum absolute atomic E-state index is 12.7. The zero-order valence-corrected chi connectivity index (χ0v) is 14.6. The average Bonchev–Trinajstić information content (AvgIpc) is 3.00. The second-order valence-electron chi connectivity index (χ2n) is 6.25. The van der Waals surface area contributed by atoms with E-state index in [0.29, 0.717) is 44.1 Å². The highest BCUT2D eigenvalue weighted by Gasteiger charge is 2.24. The summed E-state index contributed by atoms with van der Waals surface area (Å²) in [5.74, 6) is -0.0375. The van der Waals surface area contributed by atoms with Crippen molar-refractivity contribution >= 4 is 17.0 Å². The second-order valence-corrected chi connectivity index (χ2v) is 6.25. The first-order valence-corrected chi connectivity index (χ1v) is 8.58. The normalized spacial score (nSPS) is 17.2. The third kappa shape index (κ3) is 4.15. The quantitative estimate of drug-likeness (QED) is 0.821. The van der Waals surface area contributed by atoms with Gasteiger partial charge in [-0.2, -0.15) is 0 Å². The van der Waals surface area contributed by atoms with E-state index in [1.165, 1.54) is 6.20 Å². The summed E-state index contributed by atoms with van der Waals surface area (Å²) in [6.07, 6.45) is 1.04. The smallest absolute Gasteiger partial charge is 0.257 e. The number of hydrogen-bond acceptors (Lipinski definition) is 7. The molecule has 1 aliphatic rings. The SMILES string of the molecule is CCOC[C@H](O)CN1CCN(C(=O)c2cnc3onc(C)c3c2)CC1. The van der Waals surface area contributed by atoms with Gasteiger partial charge >= 0.3 is 0 Å². The largest absolute Gasteiger partial charge is 0.389 e. The van der Waals surface area contributed by atoms with Crippen molar-refractivity contribution in [1.82, 2.24) is 19.9 Å². The Hall–Kier alpha value is -2.03. The molecular weight excluding hydrogens is 324 g/mol. The molecule has 1 saturated heterocycles. The fraction of sp³-hybridized carbons (Fsp3) is 0.588. The molecule has 0 saturated carbocycles. The van der Waals surface area contributed by atoms with Crippen LogP contribution in [0.3, 0.4) is 0 Å². The Balaban J connectivity index is 1.56. The molecule has 1 N–H and O–H groups in total. The van der Waals surface area contributed by atoms with Crippen molar-refractivity contribution in [2.24, 2.45) is 0 Å². The molecule has 1 aliphatic heterocycles. The summed E-state index contributed by atoms with van der Waals surface area (Å²) in [6.45, 7) is 7.96. The maximum Gasteiger partial charge on any atom is 0.257 e. The number of piperazine rings is 1. The van der Waals surface area contributed by atoms with Crippen LogP contribution in [0.15, 0.2) is 16.8 Å². The molecule has 2 aromatic rings. The molecule has 0 spiro atoms. The Morgan fingerprint density at radius 3 is 2.88 bits per heavy atom. The van der Waals surface area contributed by atoms with E-state index in [9.17, 15) is 9.90 Å². The number of hydrogen-bond donors (Lipinski definition) is 1. The highest BCUT2D eigenvalue weighted by Crippen LogP contribution is 2.18. The number of aliphatic hydroxyl groups excluding tert-OH is 1. The second kappa shape index (κ2) is 7.90. The zero-order valence-electron chi connectivity index (χ0n) is 14.6. The van der Waals surface area contributed by atoms with Crippen LogP contribution in [0.2, 0.25) is 0 Å². The van der Waals surface area contributed by atoms with Gasteiger partial charge in [0.25, 0.3) is 11.6 Å². The number of aliphatic hydroxyl groups is 1. The van der Waals surface area contributed by atoms with Gasteiger partial charge in [-0.15, -0.1) is 0 Å². The molecule has 8 nitrogen and oxygen atoms in total. The van der Waals surface area contributed by atoms with Gasteiger partial charge < -0.3 is 19.3 Å². The molecule has 3 rings (SSSR count). The minimum absolute atomic E-state index is 0.0375. The van der Waals surface area contributed by atoms with Gasteiger partial charge in [0, 0.05) is 45.5 Å². The molecule has 8 heteroatoms. The highest BCUT2D eigenvalue weighted by molar-refractivity contribution is 5.97. The molecule has 1 atom stereocenters. The summed E-state index contributed by atoms with van der Waals surface area (Å²) in [7, 11) is 0. The van der Waals surface area contributed by atoms with Crippen LogP contribution in [0.4, 0.5) is 0 Å². The minimum Gasteiger partial charge on any atom is -0.389 e. The molecule has 136 valence electrons. The van der Waals surface area contributed by atoms with E-state index in [0.717, 1.165) is 24.2 Å². The summed E-state index contributed by atoms with van der Waals surface area (Å²) in [5.41, 5.74) is 1.72. The average molecular weight is 348 g/mol. The Morgan fingerprint density at radius 1 is 1.40 bits per heavy atom. The number of aromatic nitrogens is 2. The number of nitrogens with zero attached hydrogens (tertiary/aromatic N) is 4. The van der Waals surface area contributed by atoms with Crippen LogP contribution in [0.25, 0.3) is 11.1 Å². The molecule has 0 aliphatic carbocycles. The van der Waals surface area contributed by atoms with Crippen LogP contribution in [0, 0.1) is 6.92 Å². The van der Waals surface area contributed by atoms with Crippen molar-refractivity contribution in [3.8, 4) is 0 Å². The summed E-state index contributed by atoms with van der Waals surface area (Å²) < 4.78 is 10.3. The Bertz CT molecular complexity index is 725. The van der Waals surface area contributed by atoms with Crippen molar-refractivity contribution in [1.29, 1.82) is 0 Å². The first kappa shape index (κ1) is 17.8. The van der Waals surface area contributed by atoms with Gasteiger partial charge in [0.2, 0.25) is 0 Å². The van der Waals surface area contributed by atoms with Gasteiger partial charge in [-0.25, -0.2) is 4.98 Å². The van der Waals surface area contributed by atoms with Gasteiger partial charge in [-0.3, -0.25) is 9.69 Å². The van der Waals surface area contributed by atoms with Gasteiger partial charge in [0.15, 0.2) is 0 Å². The summed E-state index contributed by atoms with van der Waals surface area (Å²) >= 11 is 0. The molecule has 0 radical (unpaired) electrons. The molecule has 3 heterocycles. The number of β-amino-alcohol motifs (C(OH)–C–C–N with tert-alkyl or cyclic N) is 1. The lowest BCUT2D eigenvalue weighted by Gasteiger charge is -2.35. The van der Waals surface area contributed by atoms with Crippen molar-refractivity contribution in [2.75, 3.05) is 45.9 Å². The van der Waals surface area contributed by atoms with Crippen molar-refractivity contribution in [3.63, 3.8) is 0 Å². The number of ether oxygens (including phenoxy) is 1. The first-order chi connectivity index (χ1) is 12.1. The molecular formula is C17H24N4O4. The van der Waals surface area contributed by atoms with Crippen molar-refractivity contribution in [3.05, 3.63) is 23.5 Å². The lowest BCUT2D eigenvalue weighted by Crippen LogP contribution is -2.50. The Labute approximate surface area is 146 Å². The molecule has 25 heavy (non-hydrogen) atoms. The fourth-order valence-corrected chi connectivity index (χ4v) is 2.98. The minimum atomic E-state index is -0.495. The van der Waals surface area contributed by atoms with Crippen molar-refractivity contribution < 1.29 is 19.2 Å². The van der Waals surface area contributed by atoms with Crippen LogP contribution in [0.1, 0.15) is 23.0 Å². The molecule has 1 amide bonds. The van der Waals surface area contributed by atoms with Crippen LogP contribution in [-0.2, 0) is 4.74 Å². The van der Waals surface area contributed by atoms with Gasteiger partial charge in [-0.1, -0.05) is 5.16 Å². The molecule has 1 fully saturated rings. The van der Waals surface area contributed by atoms with Crippen LogP contribution in [0.5, 0.6) is 0 Å². The molecule has 0 aromatic carbocycles. The number of pyridine rings is 1. The number of carbonyl (C=O) groups is 1. The summed E-state index contributed by atoms with van der Waals surface area (Å²) in [6, 6.07) is 1.79. The Kier molecular flexibility index (Phi) is 5.62. The van der Waals surface area contributed by atoms with Gasteiger partial charge in [-0.05, 0) is 19.9 Å². The molecule has 0 unspecified atom stereocenters. The predicted molar refractivity (Wildman–Crippen MR) is 91.4 cm³/mol. The van der Waals surface area contributed by atoms with E-state index < -0.39 is 6.10 Å². The van der Waals surface area contributed by atoms with Crippen LogP contribution in [-0.4, -0.2) is 83.0 Å². The van der Waals surface area contributed by atoms with E-state index in [-0.39, 0.29) is 5.91 Å². The lowest BCUT2D eigenvalue weighted by atomic mass is 10.1. The van der Waals surface area contributed by atoms with Crippen molar-refractivity contribution in [2.45, 2.75) is 20.0 Å². The number of aryl methyl sites for hydroxylation is 1. The maximum atomic E-state index is 12.7. The van der Waals surface area contributed by atoms with E-state index in [1.807, 2.05) is 18.7 Å². The molecule has 2 aromatic heterocycles. The zero-order chi connectivity index (χ0) is 17.8. The third-order valence-corrected chi connectivity index (χ3v) is 4.40. The summed E-state index contributed by atoms with van der Waals surface area (Å²) in [4.78, 5) is 20.8. The van der Waals surface area contributed by atoms with E-state index >= 15 is 0 Å². The summed E-state index contributed by atoms with van der Waals surface area (Å²) in [5, 5.41) is 14.6. The third-order valence-electron chi connectivity index (χ3n) is 4.40. The monoisotopic (exact) mass is 348 g/mol. The Morgan fingerprint density at radius 2 is 2.16 bits per heavy atom. The van der Waals surface area contributed by atoms with Crippen LogP contribution >= 0.6 is 0 Å². The van der Waals surface area contributed by atoms with Gasteiger partial charge in [0.05, 0.1) is 29.4 Å². The van der Waals surface area contributed by atoms with Gasteiger partial charge in [0.1, 0.15) is 0 Å². The van der Waals surface area contributed by atoms with E-state index in [4.69, 9.17) is 9.26 Å². The number of rotatable bonds is 6. The highest BCUT2D eigenvalue weighted by atomic mass is 16.5. The lowest BCUT2D eigenvalue weighted by molar-refractivity contribution is 0.0111. The first-order valence-electron chi connectivity index (χ1n) is 8.58. The number of carbonyl (C=O) groups excluding carboxylic acids is 1. The predicted octanol–water partition coefficient (Wildman–Crippen LogP) is 0.686. The number of fused-ring (bicyclic) bond motifs is 1. The van der Waals surface area contributed by atoms with E-state index in [1.54, 1.807) is 6.07 Å². The standard InChI is InChI=1S/C17H24N4O4/c1-3-24-11-14(22)10-20-4-6-21(7-5-20)17(23)13-8-15-12(2)19-25-16(15)18-9-13/h8-9,14,22H,3-7,10-11H2,1-2H3/t14-/m1/s1. The van der Waals surface area contributed by atoms with E-state index in [2.05, 4.69) is 15.0 Å². The van der Waals surface area contributed by atoms with Crippen LogP contribution < -0.4 is 0 Å². The molecule has 0 bridgehead atoms.